The number of halogens is 2. The van der Waals surface area contributed by atoms with E-state index in [-0.39, 0.29) is 24.6 Å². The van der Waals surface area contributed by atoms with Crippen LogP contribution in [0.2, 0.25) is 0 Å². The predicted octanol–water partition coefficient (Wildman–Crippen LogP) is 2.20. The van der Waals surface area contributed by atoms with Crippen LogP contribution in [0.4, 0.5) is 19.3 Å². The number of hydrogen-bond acceptors (Lipinski definition) is 2. The highest BCUT2D eigenvalue weighted by atomic mass is 19.1. The van der Waals surface area contributed by atoms with Crippen molar-refractivity contribution in [2.24, 2.45) is 5.92 Å². The second kappa shape index (κ2) is 6.67. The third-order valence-electron chi connectivity index (χ3n) is 2.31. The van der Waals surface area contributed by atoms with E-state index < -0.39 is 23.6 Å². The van der Waals surface area contributed by atoms with Gasteiger partial charge in [0, 0.05) is 19.0 Å². The van der Waals surface area contributed by atoms with Gasteiger partial charge in [0.25, 0.3) is 0 Å². The van der Waals surface area contributed by atoms with E-state index in [1.807, 2.05) is 0 Å². The molecule has 0 aliphatic rings. The molecule has 0 aromatic heterocycles. The Morgan fingerprint density at radius 3 is 2.68 bits per heavy atom. The van der Waals surface area contributed by atoms with Gasteiger partial charge >= 0.3 is 12.0 Å². The Bertz CT molecular complexity index is 480. The summed E-state index contributed by atoms with van der Waals surface area (Å²) >= 11 is 0. The third-order valence-corrected chi connectivity index (χ3v) is 2.31. The van der Waals surface area contributed by atoms with Gasteiger partial charge in [-0.2, -0.15) is 0 Å². The topological polar surface area (TPSA) is 78.4 Å². The summed E-state index contributed by atoms with van der Waals surface area (Å²) in [5.74, 6) is -2.66. The summed E-state index contributed by atoms with van der Waals surface area (Å²) < 4.78 is 26.1. The molecule has 0 spiro atoms. The second-order valence-electron chi connectivity index (χ2n) is 4.16. The average Bonchev–Trinajstić information content (AvgIpc) is 2.30. The van der Waals surface area contributed by atoms with Gasteiger partial charge in [-0.05, 0) is 18.1 Å². The van der Waals surface area contributed by atoms with Crippen molar-refractivity contribution in [3.63, 3.8) is 0 Å². The molecule has 3 N–H and O–H groups in total. The van der Waals surface area contributed by atoms with Gasteiger partial charge in [0.2, 0.25) is 0 Å². The largest absolute Gasteiger partial charge is 0.481 e. The van der Waals surface area contributed by atoms with Crippen molar-refractivity contribution >= 4 is 17.7 Å². The molecule has 0 heterocycles. The molecule has 0 radical (unpaired) electrons. The summed E-state index contributed by atoms with van der Waals surface area (Å²) in [5.41, 5.74) is -0.275. The molecule has 1 aromatic carbocycles. The minimum absolute atomic E-state index is 0.0887. The Balaban J connectivity index is 2.47. The summed E-state index contributed by atoms with van der Waals surface area (Å²) in [6, 6.07) is 1.97. The van der Waals surface area contributed by atoms with E-state index in [0.29, 0.717) is 0 Å². The number of amides is 2. The summed E-state index contributed by atoms with van der Waals surface area (Å²) in [6.45, 7) is 1.77. The van der Waals surface area contributed by atoms with Crippen LogP contribution in [0.5, 0.6) is 0 Å². The van der Waals surface area contributed by atoms with Crippen molar-refractivity contribution in [2.75, 3.05) is 11.9 Å². The van der Waals surface area contributed by atoms with Gasteiger partial charge in [0.15, 0.2) is 0 Å². The number of carbonyl (C=O) groups is 2. The van der Waals surface area contributed by atoms with Gasteiger partial charge < -0.3 is 15.7 Å². The van der Waals surface area contributed by atoms with Crippen molar-refractivity contribution in [1.82, 2.24) is 5.32 Å². The van der Waals surface area contributed by atoms with E-state index in [9.17, 15) is 18.4 Å². The molecule has 0 saturated heterocycles. The lowest BCUT2D eigenvalue weighted by Crippen LogP contribution is -2.33. The number of nitrogens with one attached hydrogen (secondary N) is 2. The Hall–Kier alpha value is -2.18. The van der Waals surface area contributed by atoms with Gasteiger partial charge in [-0.3, -0.25) is 4.79 Å². The first-order valence-corrected chi connectivity index (χ1v) is 5.60. The maximum Gasteiger partial charge on any atom is 0.319 e. The van der Waals surface area contributed by atoms with Gasteiger partial charge in [-0.1, -0.05) is 6.92 Å². The molecule has 0 aliphatic carbocycles. The van der Waals surface area contributed by atoms with Gasteiger partial charge in [-0.25, -0.2) is 13.6 Å². The molecule has 1 rings (SSSR count). The molecule has 2 amide bonds. The minimum Gasteiger partial charge on any atom is -0.481 e. The molecule has 104 valence electrons. The number of anilines is 1. The van der Waals surface area contributed by atoms with Crippen LogP contribution in [0.1, 0.15) is 13.3 Å². The van der Waals surface area contributed by atoms with Crippen LogP contribution in [0.25, 0.3) is 0 Å². The van der Waals surface area contributed by atoms with E-state index in [1.165, 1.54) is 0 Å². The molecule has 0 aliphatic heterocycles. The van der Waals surface area contributed by atoms with E-state index in [1.54, 1.807) is 6.92 Å². The standard InChI is InChI=1S/C12H14F2N2O3/c1-7(4-11(17)18)6-15-12(19)16-10-5-8(13)2-3-9(10)14/h2-3,5,7H,4,6H2,1H3,(H,17,18)(H2,15,16,19). The van der Waals surface area contributed by atoms with E-state index in [4.69, 9.17) is 5.11 Å². The molecule has 0 saturated carbocycles. The molecule has 1 unspecified atom stereocenters. The number of rotatable bonds is 5. The number of hydrogen-bond donors (Lipinski definition) is 3. The molecule has 19 heavy (non-hydrogen) atoms. The fraction of sp³-hybridized carbons (Fsp3) is 0.333. The molecule has 5 nitrogen and oxygen atoms in total. The number of carboxylic acids is 1. The van der Waals surface area contributed by atoms with Crippen LogP contribution >= 0.6 is 0 Å². The van der Waals surface area contributed by atoms with E-state index in [0.717, 1.165) is 18.2 Å². The zero-order valence-electron chi connectivity index (χ0n) is 10.2. The lowest BCUT2D eigenvalue weighted by atomic mass is 10.1. The van der Waals surface area contributed by atoms with Crippen LogP contribution < -0.4 is 10.6 Å². The van der Waals surface area contributed by atoms with Gasteiger partial charge in [0.1, 0.15) is 11.6 Å². The zero-order valence-corrected chi connectivity index (χ0v) is 10.2. The Morgan fingerprint density at radius 2 is 2.05 bits per heavy atom. The normalized spacial score (nSPS) is 11.7. The van der Waals surface area contributed by atoms with Gasteiger partial charge in [0.05, 0.1) is 5.69 Å². The fourth-order valence-electron chi connectivity index (χ4n) is 1.40. The maximum absolute atomic E-state index is 13.2. The lowest BCUT2D eigenvalue weighted by molar-refractivity contribution is -0.137. The average molecular weight is 272 g/mol. The van der Waals surface area contributed by atoms with Crippen LogP contribution in [0.15, 0.2) is 18.2 Å². The highest BCUT2D eigenvalue weighted by molar-refractivity contribution is 5.89. The smallest absolute Gasteiger partial charge is 0.319 e. The van der Waals surface area contributed by atoms with Crippen molar-refractivity contribution in [2.45, 2.75) is 13.3 Å². The zero-order chi connectivity index (χ0) is 14.4. The number of benzene rings is 1. The van der Waals surface area contributed by atoms with Gasteiger partial charge in [-0.15, -0.1) is 0 Å². The Morgan fingerprint density at radius 1 is 1.37 bits per heavy atom. The third kappa shape index (κ3) is 5.33. The molecular weight excluding hydrogens is 258 g/mol. The van der Waals surface area contributed by atoms with Crippen LogP contribution in [0.3, 0.4) is 0 Å². The van der Waals surface area contributed by atoms with Crippen molar-refractivity contribution < 1.29 is 23.5 Å². The molecule has 0 bridgehead atoms. The highest BCUT2D eigenvalue weighted by Gasteiger charge is 2.11. The number of aliphatic carboxylic acids is 1. The van der Waals surface area contributed by atoms with Crippen LogP contribution in [-0.2, 0) is 4.79 Å². The first-order chi connectivity index (χ1) is 8.88. The highest BCUT2D eigenvalue weighted by Crippen LogP contribution is 2.14. The van der Waals surface area contributed by atoms with E-state index >= 15 is 0 Å². The predicted molar refractivity (Wildman–Crippen MR) is 64.8 cm³/mol. The lowest BCUT2D eigenvalue weighted by Gasteiger charge is -2.11. The summed E-state index contributed by atoms with van der Waals surface area (Å²) in [5, 5.41) is 13.1. The molecule has 0 fully saturated rings. The first kappa shape index (κ1) is 14.9. The SMILES string of the molecule is CC(CNC(=O)Nc1cc(F)ccc1F)CC(=O)O. The van der Waals surface area contributed by atoms with Crippen LogP contribution in [-0.4, -0.2) is 23.7 Å². The monoisotopic (exact) mass is 272 g/mol. The number of carboxylic acid groups (broad SMARTS) is 1. The molecule has 1 aromatic rings. The number of urea groups is 1. The summed E-state index contributed by atoms with van der Waals surface area (Å²) in [4.78, 5) is 21.8. The Kier molecular flexibility index (Phi) is 5.23. The van der Waals surface area contributed by atoms with Crippen molar-refractivity contribution in [1.29, 1.82) is 0 Å². The van der Waals surface area contributed by atoms with Crippen molar-refractivity contribution in [3.8, 4) is 0 Å². The summed E-state index contributed by atoms with van der Waals surface area (Å²) in [7, 11) is 0. The molecule has 7 heteroatoms. The fourth-order valence-corrected chi connectivity index (χ4v) is 1.40. The van der Waals surface area contributed by atoms with E-state index in [2.05, 4.69) is 10.6 Å². The minimum atomic E-state index is -0.967. The number of carbonyl (C=O) groups excluding carboxylic acids is 1. The van der Waals surface area contributed by atoms with Crippen LogP contribution in [0, 0.1) is 17.6 Å². The summed E-state index contributed by atoms with van der Waals surface area (Å²) in [6.07, 6.45) is -0.0887. The molecule has 1 atom stereocenters. The first-order valence-electron chi connectivity index (χ1n) is 5.60. The maximum atomic E-state index is 13.2. The Labute approximate surface area is 108 Å². The van der Waals surface area contributed by atoms with Crippen molar-refractivity contribution in [3.05, 3.63) is 29.8 Å². The quantitative estimate of drug-likeness (QED) is 0.768. The molecular formula is C12H14F2N2O3. The second-order valence-corrected chi connectivity index (χ2v) is 4.16.